The molecular formula is C13H24F3N3. The van der Waals surface area contributed by atoms with E-state index in [1.54, 1.807) is 0 Å². The zero-order chi connectivity index (χ0) is 13.9. The van der Waals surface area contributed by atoms with E-state index in [9.17, 15) is 13.2 Å². The lowest BCUT2D eigenvalue weighted by Crippen LogP contribution is -2.50. The number of hydrogen-bond donors (Lipinski definition) is 1. The van der Waals surface area contributed by atoms with Gasteiger partial charge in [-0.3, -0.25) is 4.90 Å². The summed E-state index contributed by atoms with van der Waals surface area (Å²) in [6.07, 6.45) is -0.0857. The first-order valence-corrected chi connectivity index (χ1v) is 7.16. The molecule has 0 saturated carbocycles. The summed E-state index contributed by atoms with van der Waals surface area (Å²) in [6, 6.07) is 0.952. The third-order valence-electron chi connectivity index (χ3n) is 4.18. The number of alkyl halides is 3. The van der Waals surface area contributed by atoms with Crippen molar-refractivity contribution in [2.24, 2.45) is 0 Å². The average molecular weight is 279 g/mol. The van der Waals surface area contributed by atoms with Gasteiger partial charge in [0.2, 0.25) is 0 Å². The van der Waals surface area contributed by atoms with Gasteiger partial charge in [-0.05, 0) is 58.9 Å². The van der Waals surface area contributed by atoms with E-state index in [0.29, 0.717) is 25.2 Å². The minimum Gasteiger partial charge on any atom is -0.311 e. The van der Waals surface area contributed by atoms with Gasteiger partial charge in [-0.15, -0.1) is 0 Å². The number of piperidine rings is 2. The molecule has 2 aliphatic heterocycles. The minimum absolute atomic E-state index is 0.401. The second kappa shape index (κ2) is 6.41. The molecule has 0 radical (unpaired) electrons. The summed E-state index contributed by atoms with van der Waals surface area (Å²) in [5, 5.41) is 3.63. The molecule has 0 spiro atoms. The highest BCUT2D eigenvalue weighted by Gasteiger charge is 2.32. The minimum atomic E-state index is -4.06. The molecule has 6 heteroatoms. The molecule has 0 amide bonds. The van der Waals surface area contributed by atoms with Crippen LogP contribution < -0.4 is 5.32 Å². The first-order valence-electron chi connectivity index (χ1n) is 7.16. The van der Waals surface area contributed by atoms with Crippen molar-refractivity contribution in [3.05, 3.63) is 0 Å². The van der Waals surface area contributed by atoms with E-state index in [0.717, 1.165) is 38.8 Å². The quantitative estimate of drug-likeness (QED) is 0.848. The van der Waals surface area contributed by atoms with Crippen molar-refractivity contribution in [2.45, 2.75) is 43.9 Å². The van der Waals surface area contributed by atoms with Gasteiger partial charge in [-0.2, -0.15) is 13.2 Å². The molecule has 2 rings (SSSR count). The summed E-state index contributed by atoms with van der Waals surface area (Å²) < 4.78 is 36.9. The van der Waals surface area contributed by atoms with Gasteiger partial charge in [0.25, 0.3) is 0 Å². The van der Waals surface area contributed by atoms with Crippen molar-refractivity contribution in [3.8, 4) is 0 Å². The SMILES string of the molecule is CN1CCC(NC2CCN(CC(F)(F)F)CC2)CC1. The summed E-state index contributed by atoms with van der Waals surface area (Å²) in [6.45, 7) is 2.59. The van der Waals surface area contributed by atoms with E-state index in [2.05, 4.69) is 17.3 Å². The highest BCUT2D eigenvalue weighted by molar-refractivity contribution is 4.83. The van der Waals surface area contributed by atoms with E-state index in [4.69, 9.17) is 0 Å². The lowest BCUT2D eigenvalue weighted by Gasteiger charge is -2.37. The largest absolute Gasteiger partial charge is 0.401 e. The molecule has 0 atom stereocenters. The summed E-state index contributed by atoms with van der Waals surface area (Å²) in [4.78, 5) is 3.84. The second-order valence-corrected chi connectivity index (χ2v) is 5.91. The third-order valence-corrected chi connectivity index (χ3v) is 4.18. The van der Waals surface area contributed by atoms with Gasteiger partial charge >= 0.3 is 6.18 Å². The Balaban J connectivity index is 1.66. The Labute approximate surface area is 113 Å². The Morgan fingerprint density at radius 2 is 1.42 bits per heavy atom. The monoisotopic (exact) mass is 279 g/mol. The molecule has 0 aromatic carbocycles. The Morgan fingerprint density at radius 3 is 1.89 bits per heavy atom. The standard InChI is InChI=1S/C13H24F3N3/c1-18-6-2-11(3-7-18)17-12-4-8-19(9-5-12)10-13(14,15)16/h11-12,17H,2-10H2,1H3. The van der Waals surface area contributed by atoms with Gasteiger partial charge in [-0.25, -0.2) is 0 Å². The number of likely N-dealkylation sites (tertiary alicyclic amines) is 2. The second-order valence-electron chi connectivity index (χ2n) is 5.91. The summed E-state index contributed by atoms with van der Waals surface area (Å²) in [5.74, 6) is 0. The Morgan fingerprint density at radius 1 is 0.947 bits per heavy atom. The molecule has 2 saturated heterocycles. The maximum atomic E-state index is 12.3. The average Bonchev–Trinajstić information content (AvgIpc) is 2.33. The van der Waals surface area contributed by atoms with Crippen molar-refractivity contribution < 1.29 is 13.2 Å². The van der Waals surface area contributed by atoms with Crippen LogP contribution in [0.5, 0.6) is 0 Å². The maximum absolute atomic E-state index is 12.3. The normalized spacial score (nSPS) is 25.9. The van der Waals surface area contributed by atoms with E-state index in [1.165, 1.54) is 4.90 Å². The predicted molar refractivity (Wildman–Crippen MR) is 69.2 cm³/mol. The van der Waals surface area contributed by atoms with Crippen LogP contribution in [0.1, 0.15) is 25.7 Å². The zero-order valence-electron chi connectivity index (χ0n) is 11.5. The number of nitrogens with zero attached hydrogens (tertiary/aromatic N) is 2. The van der Waals surface area contributed by atoms with Crippen LogP contribution in [0.3, 0.4) is 0 Å². The Bertz CT molecular complexity index is 267. The van der Waals surface area contributed by atoms with E-state index in [1.807, 2.05) is 0 Å². The third kappa shape index (κ3) is 5.28. The molecule has 0 aromatic rings. The lowest BCUT2D eigenvalue weighted by molar-refractivity contribution is -0.148. The first kappa shape index (κ1) is 15.1. The molecule has 0 bridgehead atoms. The maximum Gasteiger partial charge on any atom is 0.401 e. The fraction of sp³-hybridized carbons (Fsp3) is 1.00. The zero-order valence-corrected chi connectivity index (χ0v) is 11.5. The van der Waals surface area contributed by atoms with E-state index < -0.39 is 12.7 Å². The van der Waals surface area contributed by atoms with Gasteiger partial charge in [0.05, 0.1) is 6.54 Å². The van der Waals surface area contributed by atoms with Crippen molar-refractivity contribution >= 4 is 0 Å². The van der Waals surface area contributed by atoms with Gasteiger partial charge in [0, 0.05) is 12.1 Å². The van der Waals surface area contributed by atoms with Crippen LogP contribution in [0.25, 0.3) is 0 Å². The number of nitrogens with one attached hydrogen (secondary N) is 1. The topological polar surface area (TPSA) is 18.5 Å². The predicted octanol–water partition coefficient (Wildman–Crippen LogP) is 1.70. The smallest absolute Gasteiger partial charge is 0.311 e. The van der Waals surface area contributed by atoms with E-state index >= 15 is 0 Å². The Kier molecular flexibility index (Phi) is 5.09. The molecule has 2 heterocycles. The van der Waals surface area contributed by atoms with Crippen LogP contribution in [-0.4, -0.2) is 67.8 Å². The molecule has 112 valence electrons. The van der Waals surface area contributed by atoms with Crippen LogP contribution in [0.2, 0.25) is 0 Å². The molecule has 19 heavy (non-hydrogen) atoms. The number of halogens is 3. The Hall–Kier alpha value is -0.330. The van der Waals surface area contributed by atoms with Crippen molar-refractivity contribution in [2.75, 3.05) is 39.8 Å². The lowest BCUT2D eigenvalue weighted by atomic mass is 10.00. The molecule has 2 aliphatic rings. The van der Waals surface area contributed by atoms with Gasteiger partial charge in [0.15, 0.2) is 0 Å². The van der Waals surface area contributed by atoms with Gasteiger partial charge in [-0.1, -0.05) is 0 Å². The van der Waals surface area contributed by atoms with Crippen molar-refractivity contribution in [3.63, 3.8) is 0 Å². The van der Waals surface area contributed by atoms with Crippen molar-refractivity contribution in [1.82, 2.24) is 15.1 Å². The van der Waals surface area contributed by atoms with Crippen LogP contribution in [0, 0.1) is 0 Å². The van der Waals surface area contributed by atoms with Crippen LogP contribution in [0.15, 0.2) is 0 Å². The summed E-state index contributed by atoms with van der Waals surface area (Å²) in [7, 11) is 2.13. The highest BCUT2D eigenvalue weighted by Crippen LogP contribution is 2.20. The molecule has 3 nitrogen and oxygen atoms in total. The molecular weight excluding hydrogens is 255 g/mol. The van der Waals surface area contributed by atoms with Gasteiger partial charge in [0.1, 0.15) is 0 Å². The van der Waals surface area contributed by atoms with Crippen LogP contribution in [0.4, 0.5) is 13.2 Å². The fourth-order valence-electron chi connectivity index (χ4n) is 3.02. The van der Waals surface area contributed by atoms with E-state index in [-0.39, 0.29) is 0 Å². The molecule has 0 unspecified atom stereocenters. The van der Waals surface area contributed by atoms with Crippen molar-refractivity contribution in [1.29, 1.82) is 0 Å². The molecule has 0 aromatic heterocycles. The molecule has 1 N–H and O–H groups in total. The summed E-state index contributed by atoms with van der Waals surface area (Å²) in [5.41, 5.74) is 0. The first-order chi connectivity index (χ1) is 8.92. The fourth-order valence-corrected chi connectivity index (χ4v) is 3.02. The summed E-state index contributed by atoms with van der Waals surface area (Å²) >= 11 is 0. The number of hydrogen-bond acceptors (Lipinski definition) is 3. The number of rotatable bonds is 3. The molecule has 0 aliphatic carbocycles. The van der Waals surface area contributed by atoms with Crippen LogP contribution in [-0.2, 0) is 0 Å². The molecule has 2 fully saturated rings. The highest BCUT2D eigenvalue weighted by atomic mass is 19.4. The van der Waals surface area contributed by atoms with Gasteiger partial charge < -0.3 is 10.2 Å². The van der Waals surface area contributed by atoms with Crippen LogP contribution >= 0.6 is 0 Å².